The van der Waals surface area contributed by atoms with E-state index in [1.54, 1.807) is 38.4 Å². The maximum atomic E-state index is 10.7. The van der Waals surface area contributed by atoms with Crippen LogP contribution in [0, 0.1) is 17.0 Å². The molecule has 0 aliphatic rings. The number of nitrogens with two attached hydrogens (primary N) is 1. The molecule has 104 valence electrons. The van der Waals surface area contributed by atoms with E-state index in [1.165, 1.54) is 16.8 Å². The lowest BCUT2D eigenvalue weighted by Gasteiger charge is -2.09. The Bertz CT molecular complexity index is 658. The number of rotatable bonds is 4. The number of nitrogen functional groups attached to an aromatic ring is 1. The fourth-order valence-corrected chi connectivity index (χ4v) is 1.74. The maximum Gasteiger partial charge on any atom is 0.301 e. The fourth-order valence-electron chi connectivity index (χ4n) is 1.74. The summed E-state index contributed by atoms with van der Waals surface area (Å²) in [6, 6.07) is 7.91. The summed E-state index contributed by atoms with van der Waals surface area (Å²) >= 11 is 0. The summed E-state index contributed by atoms with van der Waals surface area (Å²) in [7, 11) is 1.75. The van der Waals surface area contributed by atoms with E-state index in [9.17, 15) is 10.1 Å². The van der Waals surface area contributed by atoms with Crippen LogP contribution in [-0.2, 0) is 0 Å². The average molecular weight is 275 g/mol. The number of ether oxygens (including phenoxy) is 1. The summed E-state index contributed by atoms with van der Waals surface area (Å²) in [5.41, 5.74) is 0.730. The smallest absolute Gasteiger partial charge is 0.301 e. The van der Waals surface area contributed by atoms with Gasteiger partial charge in [-0.1, -0.05) is 0 Å². The Morgan fingerprint density at radius 2 is 2.10 bits per heavy atom. The van der Waals surface area contributed by atoms with Crippen molar-refractivity contribution in [2.24, 2.45) is 0 Å². The standard InChI is InChI=1S/C13H14N4O3/c1-9-7-10(17(18)19)3-4-12(9)20-11-5-6-16(14)13(8-11)15-2/h3-8H,14H2,1-2H3/p+1. The highest BCUT2D eigenvalue weighted by Crippen LogP contribution is 2.28. The molecule has 0 saturated carbocycles. The molecule has 1 aromatic carbocycles. The molecule has 1 aromatic heterocycles. The van der Waals surface area contributed by atoms with Gasteiger partial charge in [-0.05, 0) is 18.6 Å². The predicted molar refractivity (Wildman–Crippen MR) is 74.2 cm³/mol. The molecule has 1 heterocycles. The molecular formula is C13H15N4O3+. The topological polar surface area (TPSA) is 94.3 Å². The van der Waals surface area contributed by atoms with Gasteiger partial charge in [-0.15, -0.1) is 4.68 Å². The third-order valence-corrected chi connectivity index (χ3v) is 2.81. The normalized spacial score (nSPS) is 10.1. The lowest BCUT2D eigenvalue weighted by Crippen LogP contribution is -2.46. The Hall–Kier alpha value is -2.83. The first-order valence-electron chi connectivity index (χ1n) is 5.92. The third kappa shape index (κ3) is 2.77. The van der Waals surface area contributed by atoms with E-state index in [4.69, 9.17) is 10.6 Å². The number of anilines is 1. The monoisotopic (exact) mass is 275 g/mol. The van der Waals surface area contributed by atoms with Crippen LogP contribution < -0.4 is 20.6 Å². The number of nitrogens with one attached hydrogen (secondary N) is 1. The van der Waals surface area contributed by atoms with Crippen molar-refractivity contribution < 1.29 is 14.3 Å². The molecule has 0 amide bonds. The summed E-state index contributed by atoms with van der Waals surface area (Å²) in [4.78, 5) is 10.2. The zero-order valence-corrected chi connectivity index (χ0v) is 11.2. The Morgan fingerprint density at radius 1 is 1.35 bits per heavy atom. The van der Waals surface area contributed by atoms with Gasteiger partial charge in [0.1, 0.15) is 17.7 Å². The minimum atomic E-state index is -0.435. The van der Waals surface area contributed by atoms with Crippen LogP contribution in [0.4, 0.5) is 11.5 Å². The number of aryl methyl sites for hydroxylation is 1. The molecule has 2 aromatic rings. The van der Waals surface area contributed by atoms with Crippen LogP contribution in [0.3, 0.4) is 0 Å². The first-order valence-corrected chi connectivity index (χ1v) is 5.92. The molecule has 0 radical (unpaired) electrons. The summed E-state index contributed by atoms with van der Waals surface area (Å²) in [5, 5.41) is 13.6. The molecule has 7 nitrogen and oxygen atoms in total. The highest BCUT2D eigenvalue weighted by Gasteiger charge is 2.11. The quantitative estimate of drug-likeness (QED) is 0.383. The molecule has 3 N–H and O–H groups in total. The number of hydrogen-bond acceptors (Lipinski definition) is 5. The van der Waals surface area contributed by atoms with Gasteiger partial charge in [0.05, 0.1) is 18.0 Å². The molecule has 7 heteroatoms. The number of nitro benzene ring substituents is 1. The van der Waals surface area contributed by atoms with E-state index in [0.717, 1.165) is 0 Å². The van der Waals surface area contributed by atoms with Crippen LogP contribution in [0.25, 0.3) is 0 Å². The second-order valence-electron chi connectivity index (χ2n) is 4.21. The van der Waals surface area contributed by atoms with Gasteiger partial charge in [-0.25, -0.2) is 0 Å². The van der Waals surface area contributed by atoms with E-state index >= 15 is 0 Å². The van der Waals surface area contributed by atoms with Crippen LogP contribution in [0.2, 0.25) is 0 Å². The van der Waals surface area contributed by atoms with Crippen molar-refractivity contribution in [3.8, 4) is 11.5 Å². The van der Waals surface area contributed by atoms with Crippen molar-refractivity contribution in [2.75, 3.05) is 18.2 Å². The van der Waals surface area contributed by atoms with E-state index in [2.05, 4.69) is 5.32 Å². The number of hydrogen-bond donors (Lipinski definition) is 2. The molecule has 0 spiro atoms. The van der Waals surface area contributed by atoms with E-state index < -0.39 is 4.92 Å². The van der Waals surface area contributed by atoms with E-state index in [1.807, 2.05) is 0 Å². The third-order valence-electron chi connectivity index (χ3n) is 2.81. The van der Waals surface area contributed by atoms with Gasteiger partial charge in [-0.3, -0.25) is 21.3 Å². The summed E-state index contributed by atoms with van der Waals surface area (Å²) in [5.74, 6) is 7.54. The van der Waals surface area contributed by atoms with Crippen molar-refractivity contribution in [2.45, 2.75) is 6.92 Å². The minimum Gasteiger partial charge on any atom is -0.457 e. The Kier molecular flexibility index (Phi) is 3.69. The number of non-ortho nitro benzene ring substituents is 1. The van der Waals surface area contributed by atoms with Crippen molar-refractivity contribution in [1.82, 2.24) is 0 Å². The fraction of sp³-hybridized carbons (Fsp3) is 0.154. The van der Waals surface area contributed by atoms with Crippen LogP contribution in [0.5, 0.6) is 11.5 Å². The highest BCUT2D eigenvalue weighted by atomic mass is 16.6. The number of benzene rings is 1. The Labute approximate surface area is 115 Å². The molecule has 0 bridgehead atoms. The van der Waals surface area contributed by atoms with Gasteiger partial charge in [0.15, 0.2) is 0 Å². The lowest BCUT2D eigenvalue weighted by atomic mass is 10.2. The molecule has 0 aliphatic carbocycles. The molecule has 0 unspecified atom stereocenters. The number of nitrogens with zero attached hydrogens (tertiary/aromatic N) is 2. The van der Waals surface area contributed by atoms with Gasteiger partial charge in [-0.2, -0.15) is 0 Å². The first kappa shape index (κ1) is 13.6. The molecule has 0 aliphatic heterocycles. The van der Waals surface area contributed by atoms with Crippen LogP contribution in [0.1, 0.15) is 5.56 Å². The van der Waals surface area contributed by atoms with Crippen LogP contribution >= 0.6 is 0 Å². The molecular weight excluding hydrogens is 260 g/mol. The summed E-state index contributed by atoms with van der Waals surface area (Å²) in [6.45, 7) is 1.76. The highest BCUT2D eigenvalue weighted by molar-refractivity contribution is 5.45. The SMILES string of the molecule is CNc1cc(Oc2ccc([N+](=O)[O-])cc2C)cc[n+]1N. The van der Waals surface area contributed by atoms with Crippen molar-refractivity contribution in [3.05, 3.63) is 52.2 Å². The van der Waals surface area contributed by atoms with E-state index in [-0.39, 0.29) is 5.69 Å². The van der Waals surface area contributed by atoms with E-state index in [0.29, 0.717) is 22.9 Å². The maximum absolute atomic E-state index is 10.7. The molecule has 0 saturated heterocycles. The summed E-state index contributed by atoms with van der Waals surface area (Å²) in [6.07, 6.45) is 1.65. The largest absolute Gasteiger partial charge is 0.457 e. The second kappa shape index (κ2) is 5.43. The van der Waals surface area contributed by atoms with Gasteiger partial charge < -0.3 is 4.74 Å². The van der Waals surface area contributed by atoms with Gasteiger partial charge in [0.2, 0.25) is 0 Å². The molecule has 0 fully saturated rings. The first-order chi connectivity index (χ1) is 9.51. The molecule has 20 heavy (non-hydrogen) atoms. The molecule has 0 atom stereocenters. The van der Waals surface area contributed by atoms with Crippen molar-refractivity contribution in [3.63, 3.8) is 0 Å². The second-order valence-corrected chi connectivity index (χ2v) is 4.21. The van der Waals surface area contributed by atoms with Crippen LogP contribution in [0.15, 0.2) is 36.5 Å². The zero-order valence-electron chi connectivity index (χ0n) is 11.2. The number of nitro groups is 1. The minimum absolute atomic E-state index is 0.0404. The number of pyridine rings is 1. The predicted octanol–water partition coefficient (Wildman–Crippen LogP) is 1.74. The average Bonchev–Trinajstić information content (AvgIpc) is 2.42. The van der Waals surface area contributed by atoms with Gasteiger partial charge in [0, 0.05) is 18.2 Å². The number of aromatic nitrogens is 1. The van der Waals surface area contributed by atoms with Crippen molar-refractivity contribution >= 4 is 11.5 Å². The zero-order chi connectivity index (χ0) is 14.7. The lowest BCUT2D eigenvalue weighted by molar-refractivity contribution is -0.624. The van der Waals surface area contributed by atoms with Crippen LogP contribution in [-0.4, -0.2) is 12.0 Å². The molecule has 2 rings (SSSR count). The Balaban J connectivity index is 2.28. The Morgan fingerprint density at radius 3 is 2.70 bits per heavy atom. The van der Waals surface area contributed by atoms with Crippen molar-refractivity contribution in [1.29, 1.82) is 0 Å². The van der Waals surface area contributed by atoms with Gasteiger partial charge in [0.25, 0.3) is 5.69 Å². The summed E-state index contributed by atoms with van der Waals surface area (Å²) < 4.78 is 7.14. The van der Waals surface area contributed by atoms with Gasteiger partial charge >= 0.3 is 5.82 Å².